The normalized spacial score (nSPS) is 14.3. The van der Waals surface area contributed by atoms with Crippen LogP contribution in [0.25, 0.3) is 0 Å². The van der Waals surface area contributed by atoms with Crippen LogP contribution in [0.3, 0.4) is 0 Å². The van der Waals surface area contributed by atoms with Crippen LogP contribution in [0.5, 0.6) is 0 Å². The second kappa shape index (κ2) is 75.5. The highest BCUT2D eigenvalue weighted by molar-refractivity contribution is 7.47. The zero-order valence-corrected chi connectivity index (χ0v) is 66.6. The quantitative estimate of drug-likeness (QED) is 0.0169. The number of carbonyl (C=O) groups is 4. The molecule has 3 N–H and O–H groups in total. The van der Waals surface area contributed by atoms with Crippen LogP contribution in [0.4, 0.5) is 0 Å². The summed E-state index contributed by atoms with van der Waals surface area (Å²) in [6.45, 7) is 4.74. The Balaban J connectivity index is 5.34. The topological polar surface area (TPSA) is 237 Å². The van der Waals surface area contributed by atoms with Gasteiger partial charge in [-0.15, -0.1) is 0 Å². The van der Waals surface area contributed by atoms with Crippen LogP contribution in [0, 0.1) is 0 Å². The molecule has 0 amide bonds. The van der Waals surface area contributed by atoms with Crippen molar-refractivity contribution >= 4 is 39.5 Å². The fraction of sp³-hybridized carbons (Fsp3) is 0.783. The van der Waals surface area contributed by atoms with Crippen LogP contribution in [-0.4, -0.2) is 96.7 Å². The van der Waals surface area contributed by atoms with Gasteiger partial charge in [-0.2, -0.15) is 0 Å². The second-order valence-corrected chi connectivity index (χ2v) is 30.2. The maximum absolute atomic E-state index is 13.1. The van der Waals surface area contributed by atoms with Gasteiger partial charge in [0.2, 0.25) is 0 Å². The van der Waals surface area contributed by atoms with Gasteiger partial charge in [0.05, 0.1) is 26.4 Å². The lowest BCUT2D eigenvalue weighted by Crippen LogP contribution is -2.30. The number of esters is 4. The molecule has 0 aliphatic heterocycles. The van der Waals surface area contributed by atoms with E-state index >= 15 is 0 Å². The maximum atomic E-state index is 13.1. The average molecular weight is 1480 g/mol. The highest BCUT2D eigenvalue weighted by Crippen LogP contribution is 2.45. The van der Waals surface area contributed by atoms with Crippen LogP contribution in [0.2, 0.25) is 0 Å². The third-order valence-corrected chi connectivity index (χ3v) is 19.2. The fourth-order valence-corrected chi connectivity index (χ4v) is 12.7. The van der Waals surface area contributed by atoms with Crippen LogP contribution in [0.1, 0.15) is 362 Å². The number of unbranched alkanes of at least 4 members (excludes halogenated alkanes) is 37. The zero-order chi connectivity index (χ0) is 74.6. The summed E-state index contributed by atoms with van der Waals surface area (Å²) < 4.78 is 68.6. The molecule has 0 spiro atoms. The molecule has 0 heterocycles. The van der Waals surface area contributed by atoms with E-state index in [0.29, 0.717) is 25.7 Å². The van der Waals surface area contributed by atoms with Gasteiger partial charge in [-0.1, -0.05) is 299 Å². The minimum Gasteiger partial charge on any atom is -0.462 e. The van der Waals surface area contributed by atoms with Crippen molar-refractivity contribution in [2.75, 3.05) is 39.6 Å². The Kier molecular flexibility index (Phi) is 72.7. The van der Waals surface area contributed by atoms with Crippen molar-refractivity contribution in [1.29, 1.82) is 0 Å². The third-order valence-electron chi connectivity index (χ3n) is 17.3. The lowest BCUT2D eigenvalue weighted by atomic mass is 10.0. The van der Waals surface area contributed by atoms with E-state index in [4.69, 9.17) is 37.0 Å². The number of phosphoric acid groups is 2. The molecule has 19 heteroatoms. The lowest BCUT2D eigenvalue weighted by Gasteiger charge is -2.21. The van der Waals surface area contributed by atoms with Crippen LogP contribution in [0.15, 0.2) is 85.1 Å². The van der Waals surface area contributed by atoms with Crippen molar-refractivity contribution < 1.29 is 80.2 Å². The second-order valence-electron chi connectivity index (χ2n) is 27.3. The number of rotatable bonds is 77. The highest BCUT2D eigenvalue weighted by Gasteiger charge is 2.30. The van der Waals surface area contributed by atoms with E-state index in [-0.39, 0.29) is 25.7 Å². The molecule has 0 rings (SSSR count). The number of phosphoric ester groups is 2. The number of hydrogen-bond donors (Lipinski definition) is 3. The molecule has 0 aromatic heterocycles. The minimum absolute atomic E-state index is 0.0826. The van der Waals surface area contributed by atoms with Crippen LogP contribution >= 0.6 is 15.6 Å². The standard InChI is InChI=1S/C83H148O17P2/c1-5-9-13-17-21-25-29-33-36-37-38-39-42-45-48-52-56-60-64-68-81(86)94-74-79(100-83(88)70-66-62-58-54-50-46-41-35-31-27-23-19-15-11-7-3)76-98-102(91,92)96-72-77(84)71-95-101(89,90)97-75-78(99-82(87)69-65-61-57-53-49-43-32-28-24-20-16-12-8-4)73-93-80(85)67-63-59-55-51-47-44-40-34-30-26-22-18-14-10-6-2/h10,14,21-22,25-26,28,32-34,36,38-40,77-79,84H,5-9,11-13,15-20,23-24,27,29-31,35,37,41-76H2,1-4H3,(H,89,90)(H,91,92)/b14-10-,25-21-,26-22-,32-28-,36-33-,39-38-,40-34-. The summed E-state index contributed by atoms with van der Waals surface area (Å²) in [5, 5.41) is 10.6. The van der Waals surface area contributed by atoms with Gasteiger partial charge in [0.15, 0.2) is 12.2 Å². The molecule has 5 atom stereocenters. The summed E-state index contributed by atoms with van der Waals surface area (Å²) in [5.74, 6) is -2.19. The van der Waals surface area contributed by atoms with Gasteiger partial charge in [-0.05, 0) is 122 Å². The molecule has 5 unspecified atom stereocenters. The van der Waals surface area contributed by atoms with Crippen molar-refractivity contribution in [3.8, 4) is 0 Å². The summed E-state index contributed by atoms with van der Waals surface area (Å²) in [4.78, 5) is 73.0. The van der Waals surface area contributed by atoms with E-state index in [0.717, 1.165) is 173 Å². The van der Waals surface area contributed by atoms with E-state index in [9.17, 15) is 43.2 Å². The van der Waals surface area contributed by atoms with E-state index in [2.05, 4.69) is 113 Å². The first-order chi connectivity index (χ1) is 49.7. The number of allylic oxidation sites excluding steroid dienone is 14. The van der Waals surface area contributed by atoms with Gasteiger partial charge in [-0.25, -0.2) is 9.13 Å². The van der Waals surface area contributed by atoms with Gasteiger partial charge in [0.25, 0.3) is 0 Å². The van der Waals surface area contributed by atoms with Crippen LogP contribution < -0.4 is 0 Å². The molecule has 17 nitrogen and oxygen atoms in total. The first kappa shape index (κ1) is 98.2. The first-order valence-corrected chi connectivity index (χ1v) is 43.8. The molecule has 0 radical (unpaired) electrons. The Bertz CT molecular complexity index is 2260. The van der Waals surface area contributed by atoms with Crippen molar-refractivity contribution in [1.82, 2.24) is 0 Å². The van der Waals surface area contributed by atoms with Gasteiger partial charge in [-0.3, -0.25) is 37.3 Å². The largest absolute Gasteiger partial charge is 0.472 e. The fourth-order valence-electron chi connectivity index (χ4n) is 11.1. The number of aliphatic hydroxyl groups is 1. The first-order valence-electron chi connectivity index (χ1n) is 40.8. The molecule has 0 aliphatic carbocycles. The van der Waals surface area contributed by atoms with Crippen LogP contribution in [-0.2, 0) is 65.4 Å². The molecule has 0 aromatic rings. The summed E-state index contributed by atoms with van der Waals surface area (Å²) in [6, 6.07) is 0. The summed E-state index contributed by atoms with van der Waals surface area (Å²) >= 11 is 0. The summed E-state index contributed by atoms with van der Waals surface area (Å²) in [7, 11) is -9.96. The molecule has 0 aromatic carbocycles. The van der Waals surface area contributed by atoms with Gasteiger partial charge in [0.1, 0.15) is 19.3 Å². The molecule has 0 aliphatic rings. The summed E-state index contributed by atoms with van der Waals surface area (Å²) in [6.07, 6.45) is 78.4. The van der Waals surface area contributed by atoms with E-state index < -0.39 is 97.5 Å². The number of aliphatic hydroxyl groups excluding tert-OH is 1. The van der Waals surface area contributed by atoms with Crippen molar-refractivity contribution in [2.45, 2.75) is 380 Å². The van der Waals surface area contributed by atoms with Crippen molar-refractivity contribution in [3.63, 3.8) is 0 Å². The van der Waals surface area contributed by atoms with Gasteiger partial charge >= 0.3 is 39.5 Å². The molecule has 102 heavy (non-hydrogen) atoms. The predicted molar refractivity (Wildman–Crippen MR) is 418 cm³/mol. The van der Waals surface area contributed by atoms with E-state index in [1.165, 1.54) is 109 Å². The Morgan fingerprint density at radius 2 is 0.510 bits per heavy atom. The average Bonchev–Trinajstić information content (AvgIpc) is 0.909. The SMILES string of the molecule is CC/C=C\C/C=C\C/C=C\CCCCCCCC(=O)OCC(COP(=O)(O)OCC(O)COP(=O)(O)OCC(COC(=O)CCCCCCCC/C=C\C/C=C\C/C=C\CCCCC)OC(=O)CCCCCCCCCCCCCCCCC)OC(=O)CCCCCCC/C=C\CCCCCC. The summed E-state index contributed by atoms with van der Waals surface area (Å²) in [5.41, 5.74) is 0. The minimum atomic E-state index is -4.98. The van der Waals surface area contributed by atoms with E-state index in [1.54, 1.807) is 0 Å². The molecule has 0 saturated carbocycles. The number of hydrogen-bond acceptors (Lipinski definition) is 15. The Morgan fingerprint density at radius 3 is 0.824 bits per heavy atom. The molecule has 0 fully saturated rings. The smallest absolute Gasteiger partial charge is 0.462 e. The van der Waals surface area contributed by atoms with E-state index in [1.807, 2.05) is 0 Å². The van der Waals surface area contributed by atoms with Gasteiger partial charge in [0, 0.05) is 25.7 Å². The molecular weight excluding hydrogens is 1330 g/mol. The molecule has 592 valence electrons. The highest BCUT2D eigenvalue weighted by atomic mass is 31.2. The Morgan fingerprint density at radius 1 is 0.284 bits per heavy atom. The number of ether oxygens (including phenoxy) is 4. The Hall–Kier alpha value is -3.76. The lowest BCUT2D eigenvalue weighted by molar-refractivity contribution is -0.161. The predicted octanol–water partition coefficient (Wildman–Crippen LogP) is 23.8. The van der Waals surface area contributed by atoms with Crippen molar-refractivity contribution in [3.05, 3.63) is 85.1 Å². The molecular formula is C83H148O17P2. The maximum Gasteiger partial charge on any atom is 0.472 e. The monoisotopic (exact) mass is 1480 g/mol. The Labute approximate surface area is 621 Å². The van der Waals surface area contributed by atoms with Crippen molar-refractivity contribution in [2.24, 2.45) is 0 Å². The zero-order valence-electron chi connectivity index (χ0n) is 64.8. The third kappa shape index (κ3) is 74.5. The molecule has 0 bridgehead atoms. The van der Waals surface area contributed by atoms with Gasteiger partial charge < -0.3 is 33.8 Å². The molecule has 0 saturated heterocycles. The number of carbonyl (C=O) groups excluding carboxylic acids is 4.